The third-order valence-electron chi connectivity index (χ3n) is 4.30. The Morgan fingerprint density at radius 3 is 2.87 bits per heavy atom. The molecular weight excluding hydrogens is 312 g/mol. The van der Waals surface area contributed by atoms with Gasteiger partial charge >= 0.3 is 0 Å². The van der Waals surface area contributed by atoms with E-state index in [0.29, 0.717) is 16.6 Å². The summed E-state index contributed by atoms with van der Waals surface area (Å²) < 4.78 is 0. The molecule has 1 fully saturated rings. The van der Waals surface area contributed by atoms with Crippen LogP contribution in [-0.4, -0.2) is 28.1 Å². The smallest absolute Gasteiger partial charge is 0.244 e. The predicted molar refractivity (Wildman–Crippen MR) is 92.1 cm³/mol. The van der Waals surface area contributed by atoms with E-state index in [1.807, 2.05) is 31.2 Å². The van der Waals surface area contributed by atoms with E-state index >= 15 is 0 Å². The summed E-state index contributed by atoms with van der Waals surface area (Å²) in [7, 11) is 0. The van der Waals surface area contributed by atoms with Crippen LogP contribution in [0.25, 0.3) is 17.0 Å². The zero-order valence-electron chi connectivity index (χ0n) is 12.9. The third-order valence-corrected chi connectivity index (χ3v) is 4.53. The molecule has 4 nitrogen and oxygen atoms in total. The van der Waals surface area contributed by atoms with Crippen LogP contribution in [0.4, 0.5) is 0 Å². The first-order valence-corrected chi connectivity index (χ1v) is 8.05. The van der Waals surface area contributed by atoms with Crippen LogP contribution < -0.4 is 5.32 Å². The maximum absolute atomic E-state index is 12.1. The van der Waals surface area contributed by atoms with Crippen LogP contribution in [0.15, 0.2) is 36.4 Å². The van der Waals surface area contributed by atoms with Crippen LogP contribution in [0.5, 0.6) is 0 Å². The molecule has 1 amide bonds. The highest BCUT2D eigenvalue weighted by Crippen LogP contribution is 2.39. The van der Waals surface area contributed by atoms with Crippen molar-refractivity contribution in [2.24, 2.45) is 5.92 Å². The van der Waals surface area contributed by atoms with Crippen molar-refractivity contribution in [2.75, 3.05) is 6.61 Å². The molecule has 1 aromatic heterocycles. The lowest BCUT2D eigenvalue weighted by molar-refractivity contribution is -0.119. The lowest BCUT2D eigenvalue weighted by atomic mass is 9.97. The quantitative estimate of drug-likeness (QED) is 0.828. The van der Waals surface area contributed by atoms with Crippen molar-refractivity contribution in [3.63, 3.8) is 0 Å². The van der Waals surface area contributed by atoms with Crippen molar-refractivity contribution < 1.29 is 9.90 Å². The van der Waals surface area contributed by atoms with Gasteiger partial charge in [-0.05, 0) is 50.0 Å². The van der Waals surface area contributed by atoms with Crippen LogP contribution in [0.3, 0.4) is 0 Å². The van der Waals surface area contributed by atoms with Gasteiger partial charge in [-0.25, -0.2) is 4.98 Å². The predicted octanol–water partition coefficient (Wildman–Crippen LogP) is 3.18. The Labute approximate surface area is 140 Å². The van der Waals surface area contributed by atoms with Crippen LogP contribution in [0.2, 0.25) is 5.02 Å². The number of aromatic nitrogens is 1. The molecular formula is C18H19ClN2O2. The number of nitrogens with one attached hydrogen (secondary N) is 1. The standard InChI is InChI=1S/C18H19ClN2O2/c1-18(11-22,13-4-5-13)21-17(23)9-8-15-7-3-12-2-6-14(19)10-16(12)20-15/h2-3,6-10,13,22H,4-5,11H2,1H3,(H,21,23)/b9-8+. The Morgan fingerprint density at radius 2 is 2.17 bits per heavy atom. The lowest BCUT2D eigenvalue weighted by Crippen LogP contribution is -2.50. The number of aliphatic hydroxyl groups is 1. The molecule has 1 heterocycles. The van der Waals surface area contributed by atoms with E-state index in [4.69, 9.17) is 11.6 Å². The number of aliphatic hydroxyl groups excluding tert-OH is 1. The fraction of sp³-hybridized carbons (Fsp3) is 0.333. The van der Waals surface area contributed by atoms with E-state index in [1.165, 1.54) is 6.08 Å². The van der Waals surface area contributed by atoms with Crippen LogP contribution in [0.1, 0.15) is 25.5 Å². The summed E-state index contributed by atoms with van der Waals surface area (Å²) in [6, 6.07) is 9.32. The fourth-order valence-electron chi connectivity index (χ4n) is 2.67. The Hall–Kier alpha value is -1.91. The minimum Gasteiger partial charge on any atom is -0.394 e. The van der Waals surface area contributed by atoms with E-state index in [2.05, 4.69) is 10.3 Å². The number of benzene rings is 1. The monoisotopic (exact) mass is 330 g/mol. The summed E-state index contributed by atoms with van der Waals surface area (Å²) in [6.07, 6.45) is 5.22. The van der Waals surface area contributed by atoms with Crippen LogP contribution >= 0.6 is 11.6 Å². The maximum atomic E-state index is 12.1. The summed E-state index contributed by atoms with van der Waals surface area (Å²) in [4.78, 5) is 16.6. The van der Waals surface area contributed by atoms with Gasteiger partial charge in [0.2, 0.25) is 5.91 Å². The molecule has 1 atom stereocenters. The second-order valence-corrected chi connectivity index (χ2v) is 6.68. The Kier molecular flexibility index (Phi) is 4.37. The number of rotatable bonds is 5. The molecule has 1 saturated carbocycles. The highest BCUT2D eigenvalue weighted by molar-refractivity contribution is 6.31. The van der Waals surface area contributed by atoms with Gasteiger partial charge in [0.25, 0.3) is 0 Å². The van der Waals surface area contributed by atoms with Gasteiger partial charge in [-0.3, -0.25) is 4.79 Å². The third kappa shape index (κ3) is 3.71. The lowest BCUT2D eigenvalue weighted by Gasteiger charge is -2.28. The average Bonchev–Trinajstić information content (AvgIpc) is 3.37. The van der Waals surface area contributed by atoms with Crippen molar-refractivity contribution in [1.29, 1.82) is 0 Å². The average molecular weight is 331 g/mol. The number of nitrogens with zero attached hydrogens (tertiary/aromatic N) is 1. The molecule has 2 aromatic rings. The molecule has 0 saturated heterocycles. The first-order chi connectivity index (χ1) is 11.0. The molecule has 1 unspecified atom stereocenters. The SMILES string of the molecule is CC(CO)(NC(=O)/C=C/c1ccc2ccc(Cl)cc2n1)C1CC1. The summed E-state index contributed by atoms with van der Waals surface area (Å²) in [6.45, 7) is 1.83. The van der Waals surface area contributed by atoms with E-state index in [1.54, 1.807) is 12.1 Å². The van der Waals surface area contributed by atoms with Crippen molar-refractivity contribution in [3.05, 3.63) is 47.1 Å². The first kappa shape index (κ1) is 16.0. The number of hydrogen-bond acceptors (Lipinski definition) is 3. The van der Waals surface area contributed by atoms with E-state index < -0.39 is 5.54 Å². The van der Waals surface area contributed by atoms with Gasteiger partial charge < -0.3 is 10.4 Å². The second kappa shape index (κ2) is 6.30. The van der Waals surface area contributed by atoms with Crippen molar-refractivity contribution in [3.8, 4) is 0 Å². The van der Waals surface area contributed by atoms with Gasteiger partial charge in [-0.15, -0.1) is 0 Å². The second-order valence-electron chi connectivity index (χ2n) is 6.25. The van der Waals surface area contributed by atoms with E-state index in [-0.39, 0.29) is 12.5 Å². The topological polar surface area (TPSA) is 62.2 Å². The summed E-state index contributed by atoms with van der Waals surface area (Å²) in [5.74, 6) is 0.146. The van der Waals surface area contributed by atoms with Gasteiger partial charge in [0, 0.05) is 16.5 Å². The van der Waals surface area contributed by atoms with Crippen molar-refractivity contribution in [2.45, 2.75) is 25.3 Å². The zero-order chi connectivity index (χ0) is 16.4. The Morgan fingerprint density at radius 1 is 1.43 bits per heavy atom. The minimum atomic E-state index is -0.536. The Balaban J connectivity index is 1.73. The van der Waals surface area contributed by atoms with E-state index in [0.717, 1.165) is 23.7 Å². The molecule has 1 aromatic carbocycles. The summed E-state index contributed by atoms with van der Waals surface area (Å²) in [5, 5.41) is 14.0. The molecule has 0 aliphatic heterocycles. The summed E-state index contributed by atoms with van der Waals surface area (Å²) >= 11 is 5.98. The van der Waals surface area contributed by atoms with Crippen LogP contribution in [0, 0.1) is 5.92 Å². The molecule has 0 spiro atoms. The number of carbonyl (C=O) groups is 1. The summed E-state index contributed by atoms with van der Waals surface area (Å²) in [5.41, 5.74) is 0.941. The molecule has 1 aliphatic rings. The highest BCUT2D eigenvalue weighted by Gasteiger charge is 2.41. The maximum Gasteiger partial charge on any atom is 0.244 e. The molecule has 2 N–H and O–H groups in total. The minimum absolute atomic E-state index is 0.0516. The van der Waals surface area contributed by atoms with Crippen molar-refractivity contribution in [1.82, 2.24) is 10.3 Å². The molecule has 0 bridgehead atoms. The fourth-order valence-corrected chi connectivity index (χ4v) is 2.84. The van der Waals surface area contributed by atoms with Gasteiger partial charge in [0.1, 0.15) is 0 Å². The number of amides is 1. The van der Waals surface area contributed by atoms with Gasteiger partial charge in [0.05, 0.1) is 23.4 Å². The Bertz CT molecular complexity index is 771. The van der Waals surface area contributed by atoms with Crippen LogP contribution in [-0.2, 0) is 4.79 Å². The van der Waals surface area contributed by atoms with Gasteiger partial charge in [-0.1, -0.05) is 23.7 Å². The number of halogens is 1. The molecule has 1 aliphatic carbocycles. The normalized spacial score (nSPS) is 17.3. The largest absolute Gasteiger partial charge is 0.394 e. The molecule has 5 heteroatoms. The highest BCUT2D eigenvalue weighted by atomic mass is 35.5. The number of fused-ring (bicyclic) bond motifs is 1. The van der Waals surface area contributed by atoms with Gasteiger partial charge in [-0.2, -0.15) is 0 Å². The molecule has 3 rings (SSSR count). The number of carbonyl (C=O) groups excluding carboxylic acids is 1. The molecule has 23 heavy (non-hydrogen) atoms. The molecule has 120 valence electrons. The first-order valence-electron chi connectivity index (χ1n) is 7.67. The van der Waals surface area contributed by atoms with E-state index in [9.17, 15) is 9.90 Å². The number of hydrogen-bond donors (Lipinski definition) is 2. The number of pyridine rings is 1. The molecule has 0 radical (unpaired) electrons. The van der Waals surface area contributed by atoms with Gasteiger partial charge in [0.15, 0.2) is 0 Å². The van der Waals surface area contributed by atoms with Crippen molar-refractivity contribution >= 4 is 34.5 Å². The zero-order valence-corrected chi connectivity index (χ0v) is 13.7.